The first-order chi connectivity index (χ1) is 13.8. The van der Waals surface area contributed by atoms with Crippen molar-refractivity contribution in [1.82, 2.24) is 0 Å². The van der Waals surface area contributed by atoms with Crippen molar-refractivity contribution < 1.29 is 23.5 Å². The van der Waals surface area contributed by atoms with Gasteiger partial charge < -0.3 is 15.4 Å². The van der Waals surface area contributed by atoms with Gasteiger partial charge in [0.1, 0.15) is 5.82 Å². The van der Waals surface area contributed by atoms with Gasteiger partial charge in [-0.05, 0) is 80.5 Å². The number of benzene rings is 1. The molecular weight excluding hydrogens is 375 g/mol. The Bertz CT molecular complexity index is 772. The second-order valence-corrected chi connectivity index (χ2v) is 9.01. The summed E-state index contributed by atoms with van der Waals surface area (Å²) in [7, 11) is 0. The molecule has 2 amide bonds. The van der Waals surface area contributed by atoms with E-state index in [1.165, 1.54) is 48.4 Å². The number of primary amides is 1. The monoisotopic (exact) mass is 402 g/mol. The van der Waals surface area contributed by atoms with Crippen LogP contribution in [0.4, 0.5) is 10.1 Å². The van der Waals surface area contributed by atoms with Crippen LogP contribution in [0.5, 0.6) is 0 Å². The molecule has 4 fully saturated rings. The number of halogens is 1. The van der Waals surface area contributed by atoms with E-state index in [0.717, 1.165) is 19.3 Å². The van der Waals surface area contributed by atoms with Gasteiger partial charge in [-0.25, -0.2) is 4.39 Å². The highest BCUT2D eigenvalue weighted by atomic mass is 19.1. The van der Waals surface area contributed by atoms with E-state index in [1.54, 1.807) is 0 Å². The number of anilines is 1. The van der Waals surface area contributed by atoms with Gasteiger partial charge in [-0.2, -0.15) is 0 Å². The number of ether oxygens (including phenoxy) is 1. The Morgan fingerprint density at radius 1 is 1.03 bits per heavy atom. The van der Waals surface area contributed by atoms with Crippen LogP contribution in [0.25, 0.3) is 0 Å². The van der Waals surface area contributed by atoms with E-state index in [9.17, 15) is 18.8 Å². The zero-order chi connectivity index (χ0) is 20.6. The lowest BCUT2D eigenvalue weighted by molar-refractivity contribution is -0.172. The van der Waals surface area contributed by atoms with Crippen LogP contribution in [0.3, 0.4) is 0 Å². The summed E-state index contributed by atoms with van der Waals surface area (Å²) in [6.07, 6.45) is 6.23. The van der Waals surface area contributed by atoms with Crippen molar-refractivity contribution in [3.8, 4) is 0 Å². The number of hydrogen-bond acceptors (Lipinski definition) is 4. The molecule has 1 aromatic carbocycles. The minimum Gasteiger partial charge on any atom is -0.455 e. The van der Waals surface area contributed by atoms with Gasteiger partial charge in [0.15, 0.2) is 6.61 Å². The average molecular weight is 402 g/mol. The summed E-state index contributed by atoms with van der Waals surface area (Å²) in [4.78, 5) is 38.2. The fraction of sp³-hybridized carbons (Fsp3) is 0.591. The van der Waals surface area contributed by atoms with Crippen molar-refractivity contribution in [2.24, 2.45) is 28.9 Å². The molecule has 0 heterocycles. The van der Waals surface area contributed by atoms with Crippen LogP contribution < -0.4 is 10.6 Å². The van der Waals surface area contributed by atoms with Crippen LogP contribution in [0, 0.1) is 29.0 Å². The Hall–Kier alpha value is -2.44. The third-order valence-corrected chi connectivity index (χ3v) is 6.82. The van der Waals surface area contributed by atoms with Crippen LogP contribution in [-0.2, 0) is 19.1 Å². The molecule has 2 N–H and O–H groups in total. The topological polar surface area (TPSA) is 89.7 Å². The van der Waals surface area contributed by atoms with Gasteiger partial charge >= 0.3 is 5.97 Å². The number of hydrogen-bond donors (Lipinski definition) is 1. The number of carbonyl (C=O) groups is 3. The van der Waals surface area contributed by atoms with E-state index in [0.29, 0.717) is 23.4 Å². The number of amides is 2. The van der Waals surface area contributed by atoms with E-state index < -0.39 is 29.7 Å². The van der Waals surface area contributed by atoms with Gasteiger partial charge in [0.05, 0.1) is 5.41 Å². The summed E-state index contributed by atoms with van der Waals surface area (Å²) in [6, 6.07) is 5.38. The molecule has 0 saturated heterocycles. The number of carbonyl (C=O) groups excluding carboxylic acids is 3. The molecule has 0 unspecified atom stereocenters. The second kappa shape index (κ2) is 7.76. The van der Waals surface area contributed by atoms with E-state index >= 15 is 0 Å². The molecule has 4 saturated carbocycles. The Labute approximate surface area is 169 Å². The summed E-state index contributed by atoms with van der Waals surface area (Å²) < 4.78 is 18.7. The summed E-state index contributed by atoms with van der Waals surface area (Å²) >= 11 is 0. The molecule has 6 nitrogen and oxygen atoms in total. The third-order valence-electron chi connectivity index (χ3n) is 6.82. The smallest absolute Gasteiger partial charge is 0.312 e. The third kappa shape index (κ3) is 4.14. The highest BCUT2D eigenvalue weighted by molar-refractivity contribution is 5.96. The molecule has 4 bridgehead atoms. The van der Waals surface area contributed by atoms with Crippen LogP contribution >= 0.6 is 0 Å². The highest BCUT2D eigenvalue weighted by Gasteiger charge is 2.55. The molecule has 0 atom stereocenters. The van der Waals surface area contributed by atoms with Gasteiger partial charge in [-0.15, -0.1) is 0 Å². The first kappa shape index (κ1) is 19.9. The quantitative estimate of drug-likeness (QED) is 0.710. The zero-order valence-electron chi connectivity index (χ0n) is 16.4. The fourth-order valence-corrected chi connectivity index (χ4v) is 5.96. The van der Waals surface area contributed by atoms with Crippen LogP contribution in [0.1, 0.15) is 44.9 Å². The predicted molar refractivity (Wildman–Crippen MR) is 104 cm³/mol. The maximum atomic E-state index is 13.2. The molecule has 29 heavy (non-hydrogen) atoms. The van der Waals surface area contributed by atoms with Crippen molar-refractivity contribution in [1.29, 1.82) is 0 Å². The molecular formula is C22H27FN2O4. The number of rotatable bonds is 7. The molecule has 0 radical (unpaired) electrons. The first-order valence-corrected chi connectivity index (χ1v) is 10.4. The van der Waals surface area contributed by atoms with Crippen LogP contribution in [0.2, 0.25) is 0 Å². The van der Waals surface area contributed by atoms with Crippen LogP contribution in [-0.4, -0.2) is 30.9 Å². The lowest BCUT2D eigenvalue weighted by atomic mass is 9.49. The first-order valence-electron chi connectivity index (χ1n) is 10.4. The number of nitrogens with two attached hydrogens (primary N) is 1. The Kier molecular flexibility index (Phi) is 5.32. The molecule has 0 spiro atoms. The minimum atomic E-state index is -0.546. The Morgan fingerprint density at radius 2 is 1.59 bits per heavy atom. The zero-order valence-corrected chi connectivity index (χ0v) is 16.4. The fourth-order valence-electron chi connectivity index (χ4n) is 5.96. The molecule has 156 valence electrons. The largest absolute Gasteiger partial charge is 0.455 e. The van der Waals surface area contributed by atoms with Gasteiger partial charge in [-0.1, -0.05) is 0 Å². The molecule has 0 aliphatic heterocycles. The average Bonchev–Trinajstić information content (AvgIpc) is 2.66. The summed E-state index contributed by atoms with van der Waals surface area (Å²) in [5, 5.41) is 0. The lowest BCUT2D eigenvalue weighted by Crippen LogP contribution is -2.51. The van der Waals surface area contributed by atoms with Gasteiger partial charge in [0, 0.05) is 18.7 Å². The molecule has 4 aliphatic carbocycles. The van der Waals surface area contributed by atoms with E-state index in [-0.39, 0.29) is 18.9 Å². The normalized spacial score (nSPS) is 29.5. The van der Waals surface area contributed by atoms with Crippen molar-refractivity contribution in [2.45, 2.75) is 44.9 Å². The maximum absolute atomic E-state index is 13.2. The summed E-state index contributed by atoms with van der Waals surface area (Å²) in [6.45, 7) is -0.342. The van der Waals surface area contributed by atoms with Crippen molar-refractivity contribution in [2.75, 3.05) is 18.1 Å². The Morgan fingerprint density at radius 3 is 2.10 bits per heavy atom. The maximum Gasteiger partial charge on any atom is 0.312 e. The van der Waals surface area contributed by atoms with E-state index in [4.69, 9.17) is 10.5 Å². The van der Waals surface area contributed by atoms with Gasteiger partial charge in [0.2, 0.25) is 5.91 Å². The highest BCUT2D eigenvalue weighted by Crippen LogP contribution is 2.60. The van der Waals surface area contributed by atoms with Crippen molar-refractivity contribution in [3.63, 3.8) is 0 Å². The molecule has 7 heteroatoms. The molecule has 5 rings (SSSR count). The van der Waals surface area contributed by atoms with E-state index in [1.807, 2.05) is 0 Å². The van der Waals surface area contributed by atoms with Crippen molar-refractivity contribution in [3.05, 3.63) is 30.1 Å². The summed E-state index contributed by atoms with van der Waals surface area (Å²) in [5.41, 5.74) is 5.22. The number of esters is 1. The molecule has 4 aliphatic rings. The molecule has 1 aromatic rings. The number of nitrogens with zero attached hydrogens (tertiary/aromatic N) is 1. The second-order valence-electron chi connectivity index (χ2n) is 9.01. The van der Waals surface area contributed by atoms with Crippen molar-refractivity contribution >= 4 is 23.5 Å². The predicted octanol–water partition coefficient (Wildman–Crippen LogP) is 2.79. The minimum absolute atomic E-state index is 0.0357. The van der Waals surface area contributed by atoms with Gasteiger partial charge in [-0.3, -0.25) is 14.4 Å². The van der Waals surface area contributed by atoms with E-state index in [2.05, 4.69) is 0 Å². The molecule has 0 aromatic heterocycles. The lowest BCUT2D eigenvalue weighted by Gasteiger charge is -2.55. The Balaban J connectivity index is 1.41. The SMILES string of the molecule is NC(=O)CCN(C(=O)COC(=O)C12CC3CC(CC(C3)C1)C2)c1ccc(F)cc1. The standard InChI is InChI=1S/C22H27FN2O4/c23-17-1-3-18(4-2-17)25(6-5-19(24)26)20(27)13-29-21(28)22-10-14-7-15(11-22)9-16(8-14)12-22/h1-4,14-16H,5-13H2,(H2,24,26). The van der Waals surface area contributed by atoms with Crippen LogP contribution in [0.15, 0.2) is 24.3 Å². The summed E-state index contributed by atoms with van der Waals surface area (Å²) in [5.74, 6) is 0.136. The van der Waals surface area contributed by atoms with Gasteiger partial charge in [0.25, 0.3) is 5.91 Å².